The molecule has 0 saturated carbocycles. The first-order valence-electron chi connectivity index (χ1n) is 8.41. The Morgan fingerprint density at radius 1 is 1.04 bits per heavy atom. The summed E-state index contributed by atoms with van der Waals surface area (Å²) in [4.78, 5) is 22.8. The highest BCUT2D eigenvalue weighted by molar-refractivity contribution is 5.84. The highest BCUT2D eigenvalue weighted by Crippen LogP contribution is 2.44. The molecular formula is C19H26F3NO3. The van der Waals surface area contributed by atoms with E-state index in [4.69, 9.17) is 4.74 Å². The number of anilines is 1. The zero-order valence-corrected chi connectivity index (χ0v) is 15.8. The first-order valence-corrected chi connectivity index (χ1v) is 8.41. The molecule has 1 unspecified atom stereocenters. The van der Waals surface area contributed by atoms with Crippen LogP contribution < -0.4 is 5.32 Å². The van der Waals surface area contributed by atoms with E-state index < -0.39 is 23.3 Å². The molecule has 26 heavy (non-hydrogen) atoms. The van der Waals surface area contributed by atoms with Crippen molar-refractivity contribution in [1.29, 1.82) is 0 Å². The summed E-state index contributed by atoms with van der Waals surface area (Å²) < 4.78 is 46.0. The summed E-state index contributed by atoms with van der Waals surface area (Å²) in [5.41, 5.74) is -2.30. The lowest BCUT2D eigenvalue weighted by Gasteiger charge is -2.33. The molecule has 0 saturated heterocycles. The zero-order valence-electron chi connectivity index (χ0n) is 15.8. The van der Waals surface area contributed by atoms with Gasteiger partial charge in [0, 0.05) is 12.1 Å². The van der Waals surface area contributed by atoms with Crippen LogP contribution in [-0.4, -0.2) is 23.7 Å². The quantitative estimate of drug-likeness (QED) is 0.705. The Balaban J connectivity index is 2.93. The van der Waals surface area contributed by atoms with Crippen molar-refractivity contribution in [2.45, 2.75) is 71.1 Å². The first-order chi connectivity index (χ1) is 11.7. The molecule has 146 valence electrons. The van der Waals surface area contributed by atoms with Gasteiger partial charge in [-0.3, -0.25) is 5.32 Å². The van der Waals surface area contributed by atoms with Crippen molar-refractivity contribution in [1.82, 2.24) is 0 Å². The molecule has 1 N–H and O–H groups in total. The third-order valence-electron chi connectivity index (χ3n) is 4.00. The van der Waals surface area contributed by atoms with Gasteiger partial charge in [0.2, 0.25) is 0 Å². The number of hydrogen-bond acceptors (Lipinski definition) is 3. The maximum atomic E-state index is 13.6. The largest absolute Gasteiger partial charge is 0.444 e. The fourth-order valence-electron chi connectivity index (χ4n) is 2.48. The summed E-state index contributed by atoms with van der Waals surface area (Å²) in [6, 6.07) is 5.50. The number of alkyl halides is 3. The van der Waals surface area contributed by atoms with Crippen molar-refractivity contribution in [3.63, 3.8) is 0 Å². The van der Waals surface area contributed by atoms with Gasteiger partial charge in [-0.25, -0.2) is 4.79 Å². The minimum Gasteiger partial charge on any atom is -0.444 e. The normalized spacial score (nSPS) is 14.5. The van der Waals surface area contributed by atoms with Crippen molar-refractivity contribution < 1.29 is 27.5 Å². The highest BCUT2D eigenvalue weighted by Gasteiger charge is 2.51. The molecule has 4 nitrogen and oxygen atoms in total. The summed E-state index contributed by atoms with van der Waals surface area (Å²) in [7, 11) is 0. The molecule has 1 atom stereocenters. The molecule has 0 heterocycles. The van der Waals surface area contributed by atoms with Gasteiger partial charge in [0.1, 0.15) is 11.4 Å². The first kappa shape index (κ1) is 22.0. The van der Waals surface area contributed by atoms with E-state index in [1.807, 2.05) is 0 Å². The number of carbonyl (C=O) groups excluding carboxylic acids is 2. The van der Waals surface area contributed by atoms with Crippen molar-refractivity contribution in [3.05, 3.63) is 29.8 Å². The molecule has 0 radical (unpaired) electrons. The maximum absolute atomic E-state index is 13.6. The summed E-state index contributed by atoms with van der Waals surface area (Å²) in [5.74, 6) is -0.133. The topological polar surface area (TPSA) is 55.4 Å². The number of Topliss-reactive ketones (excluding diaryl/α,β-unsaturated/α-hetero) is 1. The Hall–Kier alpha value is -2.05. The van der Waals surface area contributed by atoms with Gasteiger partial charge in [0.15, 0.2) is 0 Å². The van der Waals surface area contributed by atoms with Gasteiger partial charge in [-0.2, -0.15) is 13.2 Å². The van der Waals surface area contributed by atoms with Gasteiger partial charge in [-0.1, -0.05) is 12.1 Å². The average molecular weight is 373 g/mol. The molecule has 0 aliphatic rings. The van der Waals surface area contributed by atoms with Crippen LogP contribution in [0.3, 0.4) is 0 Å². The van der Waals surface area contributed by atoms with E-state index in [2.05, 4.69) is 5.32 Å². The fourth-order valence-corrected chi connectivity index (χ4v) is 2.48. The molecule has 0 aromatic heterocycles. The Bertz CT molecular complexity index is 633. The molecule has 1 amide bonds. The molecule has 1 aromatic rings. The minimum atomic E-state index is -4.45. The standard InChI is InChI=1S/C19H26F3NO3/c1-13(24)7-6-12-18(5,19(20,21)22)14-8-10-15(11-9-14)23-16(25)26-17(2,3)4/h8-11H,6-7,12H2,1-5H3,(H,23,25). The summed E-state index contributed by atoms with van der Waals surface area (Å²) in [6.07, 6.45) is -5.04. The van der Waals surface area contributed by atoms with Crippen LogP contribution >= 0.6 is 0 Å². The van der Waals surface area contributed by atoms with Gasteiger partial charge >= 0.3 is 12.3 Å². The second kappa shape index (κ2) is 8.10. The SMILES string of the molecule is CC(=O)CCCC(C)(c1ccc(NC(=O)OC(C)(C)C)cc1)C(F)(F)F. The van der Waals surface area contributed by atoms with E-state index in [0.29, 0.717) is 5.69 Å². The lowest BCUT2D eigenvalue weighted by molar-refractivity contribution is -0.188. The van der Waals surface area contributed by atoms with Gasteiger partial charge < -0.3 is 9.53 Å². The van der Waals surface area contributed by atoms with Gasteiger partial charge in [0.25, 0.3) is 0 Å². The molecule has 0 spiro atoms. The van der Waals surface area contributed by atoms with E-state index in [-0.39, 0.29) is 30.6 Å². The van der Waals surface area contributed by atoms with E-state index in [1.54, 1.807) is 20.8 Å². The third-order valence-corrected chi connectivity index (χ3v) is 4.00. The smallest absolute Gasteiger partial charge is 0.412 e. The Kier molecular flexibility index (Phi) is 6.85. The van der Waals surface area contributed by atoms with Crippen LogP contribution in [0, 0.1) is 0 Å². The van der Waals surface area contributed by atoms with Crippen LogP contribution in [0.5, 0.6) is 0 Å². The van der Waals surface area contributed by atoms with E-state index >= 15 is 0 Å². The Morgan fingerprint density at radius 3 is 2.00 bits per heavy atom. The molecule has 0 aliphatic carbocycles. The van der Waals surface area contributed by atoms with Crippen LogP contribution in [0.2, 0.25) is 0 Å². The van der Waals surface area contributed by atoms with E-state index in [9.17, 15) is 22.8 Å². The number of ether oxygens (including phenoxy) is 1. The predicted octanol–water partition coefficient (Wildman–Crippen LogP) is 5.61. The number of benzene rings is 1. The molecule has 1 rings (SSSR count). The van der Waals surface area contributed by atoms with Crippen LogP contribution in [0.15, 0.2) is 24.3 Å². The maximum Gasteiger partial charge on any atom is 0.412 e. The molecule has 0 aliphatic heterocycles. The number of halogens is 3. The van der Waals surface area contributed by atoms with Crippen molar-refractivity contribution in [2.75, 3.05) is 5.32 Å². The average Bonchev–Trinajstić information content (AvgIpc) is 2.44. The lowest BCUT2D eigenvalue weighted by Crippen LogP contribution is -2.39. The van der Waals surface area contributed by atoms with Crippen molar-refractivity contribution in [3.8, 4) is 0 Å². The molecule has 1 aromatic carbocycles. The van der Waals surface area contributed by atoms with E-state index in [1.165, 1.54) is 31.2 Å². The fraction of sp³-hybridized carbons (Fsp3) is 0.579. The molecular weight excluding hydrogens is 347 g/mol. The molecule has 0 fully saturated rings. The van der Waals surface area contributed by atoms with Gasteiger partial charge in [-0.05, 0) is 65.2 Å². The summed E-state index contributed by atoms with van der Waals surface area (Å²) in [6.45, 7) is 7.63. The summed E-state index contributed by atoms with van der Waals surface area (Å²) in [5, 5.41) is 2.49. The Morgan fingerprint density at radius 2 is 1.58 bits per heavy atom. The van der Waals surface area contributed by atoms with Crippen molar-refractivity contribution in [2.24, 2.45) is 0 Å². The minimum absolute atomic E-state index is 0.0864. The molecule has 0 bridgehead atoms. The van der Waals surface area contributed by atoms with Gasteiger partial charge in [-0.15, -0.1) is 0 Å². The molecule has 7 heteroatoms. The number of hydrogen-bond donors (Lipinski definition) is 1. The number of carbonyl (C=O) groups is 2. The number of ketones is 1. The van der Waals surface area contributed by atoms with E-state index in [0.717, 1.165) is 6.92 Å². The predicted molar refractivity (Wildman–Crippen MR) is 94.2 cm³/mol. The number of rotatable bonds is 6. The highest BCUT2D eigenvalue weighted by atomic mass is 19.4. The van der Waals surface area contributed by atoms with Crippen LogP contribution in [-0.2, 0) is 14.9 Å². The van der Waals surface area contributed by atoms with Crippen LogP contribution in [0.4, 0.5) is 23.7 Å². The second-order valence-electron chi connectivity index (χ2n) is 7.59. The third kappa shape index (κ3) is 6.35. The van der Waals surface area contributed by atoms with Crippen LogP contribution in [0.1, 0.15) is 59.4 Å². The second-order valence-corrected chi connectivity index (χ2v) is 7.59. The lowest BCUT2D eigenvalue weighted by atomic mass is 9.77. The summed E-state index contributed by atoms with van der Waals surface area (Å²) >= 11 is 0. The van der Waals surface area contributed by atoms with Crippen molar-refractivity contribution >= 4 is 17.6 Å². The van der Waals surface area contributed by atoms with Gasteiger partial charge in [0.05, 0.1) is 5.41 Å². The zero-order chi connectivity index (χ0) is 20.2. The monoisotopic (exact) mass is 373 g/mol. The van der Waals surface area contributed by atoms with Crippen LogP contribution in [0.25, 0.3) is 0 Å². The number of amides is 1. The Labute approximate surface area is 152 Å². The number of nitrogens with one attached hydrogen (secondary N) is 1.